The van der Waals surface area contributed by atoms with E-state index in [0.29, 0.717) is 11.3 Å². The van der Waals surface area contributed by atoms with Crippen LogP contribution in [-0.2, 0) is 19.9 Å². The summed E-state index contributed by atoms with van der Waals surface area (Å²) in [4.78, 5) is 45.5. The molecule has 5 atom stereocenters. The first-order chi connectivity index (χ1) is 16.4. The number of halogens is 4. The second-order valence-corrected chi connectivity index (χ2v) is 11.6. The van der Waals surface area contributed by atoms with E-state index in [4.69, 9.17) is 46.4 Å². The lowest BCUT2D eigenvalue weighted by Gasteiger charge is -2.43. The monoisotopic (exact) mass is 549 g/mol. The van der Waals surface area contributed by atoms with E-state index >= 15 is 0 Å². The fourth-order valence-electron chi connectivity index (χ4n) is 7.01. The predicted molar refractivity (Wildman–Crippen MR) is 139 cm³/mol. The van der Waals surface area contributed by atoms with Crippen LogP contribution in [0.15, 0.2) is 30.3 Å². The lowest BCUT2D eigenvalue weighted by atomic mass is 9.39. The lowest BCUT2D eigenvalue weighted by Crippen LogP contribution is -2.57. The minimum absolute atomic E-state index is 0.108. The number of amides is 3. The molecule has 2 aromatic rings. The van der Waals surface area contributed by atoms with Crippen LogP contribution in [0, 0.1) is 0 Å². The zero-order valence-corrected chi connectivity index (χ0v) is 21.6. The van der Waals surface area contributed by atoms with Gasteiger partial charge in [-0.05, 0) is 36.8 Å². The Bertz CT molecular complexity index is 1370. The number of hydrogen-bond donors (Lipinski definition) is 2. The number of imide groups is 1. The minimum atomic E-state index is -1.63. The number of fused-ring (bicyclic) bond motifs is 7. The number of rotatable bonds is 1. The van der Waals surface area contributed by atoms with E-state index in [-0.39, 0.29) is 38.7 Å². The molecule has 0 aliphatic carbocycles. The summed E-state index contributed by atoms with van der Waals surface area (Å²) < 4.78 is 0. The second-order valence-electron chi connectivity index (χ2n) is 9.93. The number of benzene rings is 2. The Morgan fingerprint density at radius 1 is 0.943 bits per heavy atom. The lowest BCUT2D eigenvalue weighted by molar-refractivity contribution is -0.134. The average molecular weight is 551 g/mol. The summed E-state index contributed by atoms with van der Waals surface area (Å²) in [6.07, 6.45) is -0.573. The van der Waals surface area contributed by atoms with Crippen LogP contribution in [-0.4, -0.2) is 62.1 Å². The van der Waals surface area contributed by atoms with Crippen LogP contribution in [0.4, 0.5) is 11.4 Å². The molecule has 4 unspecified atom stereocenters. The molecule has 13 heteroatoms. The SMILES string of the molecule is BC12C(=O)N(c3cc(Cl)cc(Cl)c3)C(=O)C1(B)C1(C(=O)Nc3c(Cl)cc(Cl)cc31)N1C[C@@H](O)CC12. The van der Waals surface area contributed by atoms with E-state index in [9.17, 15) is 19.5 Å². The first-order valence-corrected chi connectivity index (χ1v) is 12.5. The van der Waals surface area contributed by atoms with Gasteiger partial charge < -0.3 is 10.4 Å². The molecule has 2 N–H and O–H groups in total. The topological polar surface area (TPSA) is 90.0 Å². The zero-order chi connectivity index (χ0) is 25.2. The van der Waals surface area contributed by atoms with Gasteiger partial charge in [0.05, 0.1) is 27.8 Å². The molecule has 0 saturated carbocycles. The van der Waals surface area contributed by atoms with Crippen LogP contribution in [0.2, 0.25) is 30.7 Å². The van der Waals surface area contributed by atoms with Crippen molar-refractivity contribution in [3.8, 4) is 0 Å². The van der Waals surface area contributed by atoms with Crippen molar-refractivity contribution in [3.63, 3.8) is 0 Å². The molecule has 0 radical (unpaired) electrons. The molecule has 4 heterocycles. The molecule has 3 amide bonds. The molecule has 4 aliphatic rings. The number of aliphatic hydroxyl groups excluding tert-OH is 1. The second kappa shape index (κ2) is 7.18. The molecule has 4 aliphatic heterocycles. The molecule has 1 spiro atoms. The van der Waals surface area contributed by atoms with Crippen molar-refractivity contribution in [1.82, 2.24) is 4.90 Å². The van der Waals surface area contributed by atoms with Crippen LogP contribution < -0.4 is 10.2 Å². The van der Waals surface area contributed by atoms with Crippen LogP contribution in [0.25, 0.3) is 0 Å². The van der Waals surface area contributed by atoms with Crippen molar-refractivity contribution in [2.24, 2.45) is 0 Å². The molecule has 3 fully saturated rings. The number of nitrogens with zero attached hydrogens (tertiary/aromatic N) is 2. The first-order valence-electron chi connectivity index (χ1n) is 11.0. The maximum absolute atomic E-state index is 14.4. The van der Waals surface area contributed by atoms with Gasteiger partial charge in [-0.25, -0.2) is 0 Å². The molecule has 7 nitrogen and oxygen atoms in total. The fraction of sp³-hybridized carbons (Fsp3) is 0.318. The summed E-state index contributed by atoms with van der Waals surface area (Å²) >= 11 is 25.2. The number of carbonyl (C=O) groups is 3. The summed E-state index contributed by atoms with van der Waals surface area (Å²) in [5.74, 6) is -1.54. The fourth-order valence-corrected chi connectivity index (χ4v) is 8.06. The van der Waals surface area contributed by atoms with Crippen molar-refractivity contribution in [1.29, 1.82) is 0 Å². The van der Waals surface area contributed by atoms with E-state index < -0.39 is 46.0 Å². The molecule has 6 rings (SSSR count). The average Bonchev–Trinajstić information content (AvgIpc) is 3.37. The summed E-state index contributed by atoms with van der Waals surface area (Å²) in [5.41, 5.74) is -0.650. The predicted octanol–water partition coefficient (Wildman–Crippen LogP) is 2.05. The molecule has 2 aromatic carbocycles. The van der Waals surface area contributed by atoms with E-state index in [1.807, 2.05) is 0 Å². The van der Waals surface area contributed by atoms with E-state index in [1.165, 1.54) is 24.3 Å². The van der Waals surface area contributed by atoms with E-state index in [2.05, 4.69) is 5.32 Å². The number of anilines is 2. The Kier molecular flexibility index (Phi) is 4.85. The Balaban J connectivity index is 1.68. The molecule has 3 saturated heterocycles. The minimum Gasteiger partial charge on any atom is -0.392 e. The van der Waals surface area contributed by atoms with Crippen molar-refractivity contribution in [3.05, 3.63) is 56.0 Å². The summed E-state index contributed by atoms with van der Waals surface area (Å²) in [6.45, 7) is 0.108. The van der Waals surface area contributed by atoms with Gasteiger partial charge in [0.15, 0.2) is 0 Å². The van der Waals surface area contributed by atoms with Crippen molar-refractivity contribution >= 4 is 91.2 Å². The van der Waals surface area contributed by atoms with Crippen molar-refractivity contribution in [2.75, 3.05) is 16.8 Å². The smallest absolute Gasteiger partial charge is 0.250 e. The number of hydrogen-bond acceptors (Lipinski definition) is 5. The number of aliphatic hydroxyl groups is 1. The highest BCUT2D eigenvalue weighted by molar-refractivity contribution is 6.56. The maximum Gasteiger partial charge on any atom is 0.250 e. The van der Waals surface area contributed by atoms with Gasteiger partial charge >= 0.3 is 0 Å². The van der Waals surface area contributed by atoms with Crippen LogP contribution in [0.3, 0.4) is 0 Å². The quantitative estimate of drug-likeness (QED) is 0.419. The Morgan fingerprint density at radius 2 is 1.57 bits per heavy atom. The Hall–Kier alpha value is -1.74. The largest absolute Gasteiger partial charge is 0.392 e. The molecule has 0 bridgehead atoms. The van der Waals surface area contributed by atoms with Gasteiger partial charge in [-0.1, -0.05) is 46.4 Å². The highest BCUT2D eigenvalue weighted by atomic mass is 35.5. The third-order valence-electron chi connectivity index (χ3n) is 8.53. The van der Waals surface area contributed by atoms with E-state index in [1.54, 1.807) is 26.7 Å². The molecular formula is C22H17B2Cl4N3O4. The van der Waals surface area contributed by atoms with Gasteiger partial charge in [0.2, 0.25) is 17.7 Å². The van der Waals surface area contributed by atoms with Gasteiger partial charge in [-0.15, -0.1) is 0 Å². The van der Waals surface area contributed by atoms with Gasteiger partial charge in [0.25, 0.3) is 0 Å². The van der Waals surface area contributed by atoms with Gasteiger partial charge in [-0.3, -0.25) is 24.2 Å². The molecular weight excluding hydrogens is 534 g/mol. The van der Waals surface area contributed by atoms with Crippen molar-refractivity contribution in [2.45, 2.75) is 34.7 Å². The van der Waals surface area contributed by atoms with E-state index in [0.717, 1.165) is 4.90 Å². The summed E-state index contributed by atoms with van der Waals surface area (Å²) in [7, 11) is 3.34. The normalized spacial score (nSPS) is 35.6. The third kappa shape index (κ3) is 2.52. The Labute approximate surface area is 222 Å². The summed E-state index contributed by atoms with van der Waals surface area (Å²) in [6, 6.07) is 6.99. The van der Waals surface area contributed by atoms with Gasteiger partial charge in [-0.2, -0.15) is 0 Å². The molecule has 35 heavy (non-hydrogen) atoms. The number of nitrogens with one attached hydrogen (secondary N) is 1. The standard InChI is InChI=1S/C22H17B2Cl4N3O4/c23-20-15-6-12(32)7-30(15)21(13-4-10(27)5-14(28)16(13)29-17(21)33)22(20,24)19(35)31(18(20)34)11-2-8(25)1-9(26)3-11/h1-5,12,15,32H,6-7,23-24H2,(H,29,33)/t12-,15?,20?,21?,22?/m0/s1. The third-order valence-corrected chi connectivity index (χ3v) is 9.49. The summed E-state index contributed by atoms with van der Waals surface area (Å²) in [5, 5.41) is 11.6. The molecule has 178 valence electrons. The Morgan fingerprint density at radius 3 is 2.23 bits per heavy atom. The zero-order valence-electron chi connectivity index (χ0n) is 18.5. The van der Waals surface area contributed by atoms with Crippen LogP contribution >= 0.6 is 46.4 Å². The van der Waals surface area contributed by atoms with Gasteiger partial charge in [0.1, 0.15) is 21.2 Å². The van der Waals surface area contributed by atoms with Gasteiger partial charge in [0, 0.05) is 38.5 Å². The highest BCUT2D eigenvalue weighted by Crippen LogP contribution is 2.77. The molecule has 0 aromatic heterocycles. The first kappa shape index (κ1) is 23.6. The maximum atomic E-state index is 14.4. The van der Waals surface area contributed by atoms with Crippen LogP contribution in [0.1, 0.15) is 12.0 Å². The van der Waals surface area contributed by atoms with Crippen molar-refractivity contribution < 1.29 is 19.5 Å². The van der Waals surface area contributed by atoms with Crippen LogP contribution in [0.5, 0.6) is 0 Å². The highest BCUT2D eigenvalue weighted by Gasteiger charge is 2.85. The number of carbonyl (C=O) groups excluding carboxylic acids is 3.